The minimum atomic E-state index is -0.219. The number of aromatic nitrogens is 2. The third-order valence-electron chi connectivity index (χ3n) is 5.71. The van der Waals surface area contributed by atoms with E-state index in [-0.39, 0.29) is 11.6 Å². The summed E-state index contributed by atoms with van der Waals surface area (Å²) in [6.07, 6.45) is 7.64. The number of ketones is 1. The number of rotatable bonds is 3. The van der Waals surface area contributed by atoms with E-state index in [0.29, 0.717) is 6.42 Å². The molecule has 1 aliphatic carbocycles. The summed E-state index contributed by atoms with van der Waals surface area (Å²) in [7, 11) is 0. The lowest BCUT2D eigenvalue weighted by molar-refractivity contribution is 0.0971. The van der Waals surface area contributed by atoms with E-state index in [1.54, 1.807) is 18.3 Å². The molecule has 5 rings (SSSR count). The molecule has 1 fully saturated rings. The zero-order valence-corrected chi connectivity index (χ0v) is 17.0. The van der Waals surface area contributed by atoms with Gasteiger partial charge in [-0.2, -0.15) is 0 Å². The number of hydrogen-bond donors (Lipinski definition) is 0. The van der Waals surface area contributed by atoms with Crippen LogP contribution in [-0.4, -0.2) is 28.8 Å². The smallest absolute Gasteiger partial charge is 0.164 e. The van der Waals surface area contributed by atoms with Gasteiger partial charge in [-0.3, -0.25) is 4.79 Å². The molecule has 0 atom stereocenters. The van der Waals surface area contributed by atoms with Crippen molar-refractivity contribution in [2.75, 3.05) is 18.0 Å². The molecular formula is C23H22FN3OS. The number of pyridine rings is 1. The normalized spacial score (nSPS) is 16.7. The number of Topliss-reactive ketones (excluding diaryl/α,β-unsaturated/α-hetero) is 1. The fraction of sp³-hybridized carbons (Fsp3) is 0.348. The number of piperidine rings is 1. The first-order valence-corrected chi connectivity index (χ1v) is 11.0. The molecule has 2 aliphatic rings. The van der Waals surface area contributed by atoms with Crippen LogP contribution in [0.15, 0.2) is 36.5 Å². The average Bonchev–Trinajstić information content (AvgIpc) is 3.24. The van der Waals surface area contributed by atoms with Gasteiger partial charge >= 0.3 is 0 Å². The number of aryl methyl sites for hydroxylation is 1. The Balaban J connectivity index is 1.46. The van der Waals surface area contributed by atoms with Gasteiger partial charge < -0.3 is 4.90 Å². The summed E-state index contributed by atoms with van der Waals surface area (Å²) >= 11 is 1.51. The fourth-order valence-electron chi connectivity index (χ4n) is 4.19. The summed E-state index contributed by atoms with van der Waals surface area (Å²) in [5, 5.41) is 0.796. The molecular weight excluding hydrogens is 385 g/mol. The molecule has 1 saturated heterocycles. The second kappa shape index (κ2) is 7.67. The third kappa shape index (κ3) is 3.69. The van der Waals surface area contributed by atoms with E-state index < -0.39 is 0 Å². The first-order chi connectivity index (χ1) is 14.2. The van der Waals surface area contributed by atoms with Crippen molar-refractivity contribution in [2.45, 2.75) is 38.5 Å². The first-order valence-electron chi connectivity index (χ1n) is 10.2. The largest absolute Gasteiger partial charge is 0.371 e. The monoisotopic (exact) mass is 407 g/mol. The molecule has 29 heavy (non-hydrogen) atoms. The standard InChI is InChI=1S/C23H22FN3OS/c24-16-11-15(12-17(13-16)27-9-2-1-3-10-27)22-14-25-23(29-22)20-8-7-18-19(26-20)5-4-6-21(18)28/h7-8,11-14H,1-6,9-10H2. The van der Waals surface area contributed by atoms with E-state index >= 15 is 0 Å². The average molecular weight is 408 g/mol. The van der Waals surface area contributed by atoms with E-state index in [9.17, 15) is 9.18 Å². The van der Waals surface area contributed by atoms with Gasteiger partial charge in [0, 0.05) is 37.0 Å². The fourth-order valence-corrected chi connectivity index (χ4v) is 5.07. The lowest BCUT2D eigenvalue weighted by Crippen LogP contribution is -2.29. The number of halogens is 1. The summed E-state index contributed by atoms with van der Waals surface area (Å²) in [6, 6.07) is 9.00. The Bertz CT molecular complexity index is 1070. The van der Waals surface area contributed by atoms with Gasteiger partial charge in [-0.25, -0.2) is 14.4 Å². The molecule has 1 aliphatic heterocycles. The van der Waals surface area contributed by atoms with Crippen LogP contribution in [-0.2, 0) is 6.42 Å². The van der Waals surface area contributed by atoms with Gasteiger partial charge in [0.15, 0.2) is 5.78 Å². The maximum atomic E-state index is 14.3. The summed E-state index contributed by atoms with van der Waals surface area (Å²) in [6.45, 7) is 1.96. The Morgan fingerprint density at radius 3 is 2.72 bits per heavy atom. The molecule has 0 saturated carbocycles. The van der Waals surface area contributed by atoms with Crippen molar-refractivity contribution in [3.8, 4) is 21.1 Å². The van der Waals surface area contributed by atoms with E-state index in [4.69, 9.17) is 4.98 Å². The SMILES string of the molecule is O=C1CCCc2nc(-c3ncc(-c4cc(F)cc(N5CCCCC5)c4)s3)ccc21. The molecule has 0 N–H and O–H groups in total. The molecule has 2 aromatic heterocycles. The van der Waals surface area contributed by atoms with Crippen LogP contribution in [0.4, 0.5) is 10.1 Å². The second-order valence-corrected chi connectivity index (χ2v) is 8.77. The van der Waals surface area contributed by atoms with Gasteiger partial charge in [-0.1, -0.05) is 0 Å². The highest BCUT2D eigenvalue weighted by atomic mass is 32.1. The van der Waals surface area contributed by atoms with Crippen LogP contribution in [0.2, 0.25) is 0 Å². The van der Waals surface area contributed by atoms with Gasteiger partial charge in [0.05, 0.1) is 16.3 Å². The zero-order chi connectivity index (χ0) is 19.8. The van der Waals surface area contributed by atoms with Crippen LogP contribution in [0.5, 0.6) is 0 Å². The minimum Gasteiger partial charge on any atom is -0.371 e. The van der Waals surface area contributed by atoms with Crippen molar-refractivity contribution in [1.29, 1.82) is 0 Å². The highest BCUT2D eigenvalue weighted by Crippen LogP contribution is 2.35. The summed E-state index contributed by atoms with van der Waals surface area (Å²) in [4.78, 5) is 24.4. The van der Waals surface area contributed by atoms with Gasteiger partial charge in [0.1, 0.15) is 10.8 Å². The van der Waals surface area contributed by atoms with Gasteiger partial charge in [0.25, 0.3) is 0 Å². The summed E-state index contributed by atoms with van der Waals surface area (Å²) in [5.41, 5.74) is 4.19. The molecule has 4 nitrogen and oxygen atoms in total. The molecule has 3 aromatic rings. The Kier molecular flexibility index (Phi) is 4.87. The second-order valence-electron chi connectivity index (χ2n) is 7.74. The van der Waals surface area contributed by atoms with Gasteiger partial charge in [-0.15, -0.1) is 11.3 Å². The van der Waals surface area contributed by atoms with Gasteiger partial charge in [-0.05, 0) is 68.0 Å². The van der Waals surface area contributed by atoms with E-state index in [2.05, 4.69) is 16.0 Å². The van der Waals surface area contributed by atoms with Crippen LogP contribution in [0.1, 0.15) is 48.2 Å². The third-order valence-corrected chi connectivity index (χ3v) is 6.77. The molecule has 3 heterocycles. The van der Waals surface area contributed by atoms with Crippen LogP contribution in [0, 0.1) is 5.82 Å². The molecule has 6 heteroatoms. The minimum absolute atomic E-state index is 0.176. The topological polar surface area (TPSA) is 46.1 Å². The first kappa shape index (κ1) is 18.4. The van der Waals surface area contributed by atoms with Crippen LogP contribution in [0.25, 0.3) is 21.1 Å². The van der Waals surface area contributed by atoms with Crippen LogP contribution >= 0.6 is 11.3 Å². The number of carbonyl (C=O) groups excluding carboxylic acids is 1. The number of thiazole rings is 1. The van der Waals surface area contributed by atoms with Crippen molar-refractivity contribution in [1.82, 2.24) is 9.97 Å². The maximum absolute atomic E-state index is 14.3. The predicted molar refractivity (Wildman–Crippen MR) is 114 cm³/mol. The summed E-state index contributed by atoms with van der Waals surface area (Å²) < 4.78 is 14.3. The van der Waals surface area contributed by atoms with Crippen molar-refractivity contribution >= 4 is 22.8 Å². The lowest BCUT2D eigenvalue weighted by atomic mass is 9.94. The zero-order valence-electron chi connectivity index (χ0n) is 16.2. The highest BCUT2D eigenvalue weighted by Gasteiger charge is 2.20. The predicted octanol–water partition coefficient (Wildman–Crippen LogP) is 5.52. The number of anilines is 1. The van der Waals surface area contributed by atoms with Crippen molar-refractivity contribution in [3.05, 3.63) is 53.6 Å². The number of benzene rings is 1. The van der Waals surface area contributed by atoms with Crippen LogP contribution in [0.3, 0.4) is 0 Å². The molecule has 0 radical (unpaired) electrons. The molecule has 0 amide bonds. The molecule has 0 spiro atoms. The number of hydrogen-bond acceptors (Lipinski definition) is 5. The summed E-state index contributed by atoms with van der Waals surface area (Å²) in [5.74, 6) is -0.0430. The molecule has 1 aromatic carbocycles. The Morgan fingerprint density at radius 2 is 1.86 bits per heavy atom. The number of carbonyl (C=O) groups is 1. The number of fused-ring (bicyclic) bond motifs is 1. The quantitative estimate of drug-likeness (QED) is 0.573. The number of nitrogens with zero attached hydrogens (tertiary/aromatic N) is 3. The van der Waals surface area contributed by atoms with Crippen molar-refractivity contribution < 1.29 is 9.18 Å². The Morgan fingerprint density at radius 1 is 1.00 bits per heavy atom. The van der Waals surface area contributed by atoms with E-state index in [1.807, 2.05) is 12.1 Å². The van der Waals surface area contributed by atoms with Gasteiger partial charge in [0.2, 0.25) is 0 Å². The van der Waals surface area contributed by atoms with Crippen molar-refractivity contribution in [3.63, 3.8) is 0 Å². The van der Waals surface area contributed by atoms with E-state index in [1.165, 1.54) is 17.8 Å². The Hall–Kier alpha value is -2.60. The van der Waals surface area contributed by atoms with Crippen molar-refractivity contribution in [2.24, 2.45) is 0 Å². The lowest BCUT2D eigenvalue weighted by Gasteiger charge is -2.29. The molecule has 0 bridgehead atoms. The highest BCUT2D eigenvalue weighted by molar-refractivity contribution is 7.18. The molecule has 148 valence electrons. The van der Waals surface area contributed by atoms with E-state index in [0.717, 1.165) is 76.9 Å². The maximum Gasteiger partial charge on any atom is 0.164 e. The Labute approximate surface area is 173 Å². The molecule has 0 unspecified atom stereocenters. The van der Waals surface area contributed by atoms with Crippen LogP contribution < -0.4 is 4.90 Å².